The zero-order valence-corrected chi connectivity index (χ0v) is 16.5. The minimum Gasteiger partial charge on any atom is -0.339 e. The van der Waals surface area contributed by atoms with Crippen LogP contribution in [0.1, 0.15) is 30.4 Å². The first-order valence-corrected chi connectivity index (χ1v) is 9.34. The Morgan fingerprint density at radius 1 is 1.04 bits per heavy atom. The number of rotatable bonds is 5. The van der Waals surface area contributed by atoms with E-state index in [9.17, 15) is 22.8 Å². The Kier molecular flexibility index (Phi) is 7.12. The van der Waals surface area contributed by atoms with Crippen LogP contribution in [0.3, 0.4) is 0 Å². The third-order valence-electron chi connectivity index (χ3n) is 4.01. The van der Waals surface area contributed by atoms with Crippen LogP contribution in [0.15, 0.2) is 53.4 Å². The topological polar surface area (TPSA) is 49.4 Å². The fraction of sp³-hybridized carbons (Fsp3) is 0.300. The number of hydrogen-bond donors (Lipinski definition) is 1. The molecule has 0 aromatic heterocycles. The molecule has 2 aromatic carbocycles. The highest BCUT2D eigenvalue weighted by molar-refractivity contribution is 8.13. The van der Waals surface area contributed by atoms with Crippen molar-refractivity contribution in [2.75, 3.05) is 19.4 Å². The summed E-state index contributed by atoms with van der Waals surface area (Å²) in [5.41, 5.74) is 0.543. The molecule has 0 bridgehead atoms. The number of halogens is 3. The van der Waals surface area contributed by atoms with Crippen LogP contribution in [0, 0.1) is 0 Å². The maximum absolute atomic E-state index is 12.6. The van der Waals surface area contributed by atoms with E-state index in [-0.39, 0.29) is 23.5 Å². The normalized spacial score (nSPS) is 12.4. The average Bonchev–Trinajstić information content (AvgIpc) is 2.62. The van der Waals surface area contributed by atoms with Crippen molar-refractivity contribution in [2.24, 2.45) is 0 Å². The number of thioether (sulfide) groups is 1. The van der Waals surface area contributed by atoms with Gasteiger partial charge < -0.3 is 10.2 Å². The minimum absolute atomic E-state index is 0.0952. The first-order valence-electron chi connectivity index (χ1n) is 8.52. The van der Waals surface area contributed by atoms with Crippen LogP contribution in [-0.4, -0.2) is 30.1 Å². The van der Waals surface area contributed by atoms with Gasteiger partial charge in [-0.3, -0.25) is 9.59 Å². The van der Waals surface area contributed by atoms with Gasteiger partial charge in [0.25, 0.3) is 5.24 Å². The predicted molar refractivity (Wildman–Crippen MR) is 104 cm³/mol. The van der Waals surface area contributed by atoms with Gasteiger partial charge in [-0.2, -0.15) is 13.2 Å². The lowest BCUT2D eigenvalue weighted by Crippen LogP contribution is -2.16. The van der Waals surface area contributed by atoms with Crippen molar-refractivity contribution in [3.8, 4) is 0 Å². The molecule has 0 aliphatic carbocycles. The van der Waals surface area contributed by atoms with Gasteiger partial charge in [0, 0.05) is 31.1 Å². The first-order chi connectivity index (χ1) is 13.1. The number of nitrogens with zero attached hydrogens (tertiary/aromatic N) is 1. The van der Waals surface area contributed by atoms with Crippen molar-refractivity contribution >= 4 is 28.6 Å². The summed E-state index contributed by atoms with van der Waals surface area (Å²) in [7, 11) is 3.34. The molecule has 0 aliphatic rings. The lowest BCUT2D eigenvalue weighted by molar-refractivity contribution is -0.137. The van der Waals surface area contributed by atoms with Crippen LogP contribution in [-0.2, 0) is 11.0 Å². The number of benzene rings is 2. The Labute approximate surface area is 166 Å². The number of alkyl halides is 3. The molecule has 0 saturated carbocycles. The maximum Gasteiger partial charge on any atom is 0.416 e. The summed E-state index contributed by atoms with van der Waals surface area (Å²) in [4.78, 5) is 26.1. The zero-order valence-electron chi connectivity index (χ0n) is 15.7. The van der Waals surface area contributed by atoms with Crippen molar-refractivity contribution in [3.05, 3.63) is 59.7 Å². The Hall–Kier alpha value is -2.48. The van der Waals surface area contributed by atoms with Crippen LogP contribution in [0.4, 0.5) is 23.7 Å². The van der Waals surface area contributed by atoms with E-state index in [1.54, 1.807) is 45.3 Å². The second kappa shape index (κ2) is 9.14. The summed E-state index contributed by atoms with van der Waals surface area (Å²) in [6, 6.07) is 11.7. The van der Waals surface area contributed by atoms with Gasteiger partial charge in [0.05, 0.1) is 5.56 Å². The Bertz CT molecular complexity index is 819. The summed E-state index contributed by atoms with van der Waals surface area (Å²) in [6.07, 6.45) is -4.23. The van der Waals surface area contributed by atoms with E-state index in [1.165, 1.54) is 17.0 Å². The SMILES string of the molecule is CC(CC(=O)Nc1ccc(SC(=O)N(C)C)cc1)c1ccc(C(F)(F)F)cc1. The molecule has 4 nitrogen and oxygen atoms in total. The van der Waals surface area contributed by atoms with Crippen molar-refractivity contribution in [1.82, 2.24) is 4.90 Å². The van der Waals surface area contributed by atoms with Crippen molar-refractivity contribution in [1.29, 1.82) is 0 Å². The number of nitrogens with one attached hydrogen (secondary N) is 1. The van der Waals surface area contributed by atoms with Gasteiger partial charge >= 0.3 is 6.18 Å². The monoisotopic (exact) mass is 410 g/mol. The molecule has 1 atom stereocenters. The van der Waals surface area contributed by atoms with Crippen LogP contribution >= 0.6 is 11.8 Å². The highest BCUT2D eigenvalue weighted by atomic mass is 32.2. The van der Waals surface area contributed by atoms with Crippen LogP contribution in [0.5, 0.6) is 0 Å². The van der Waals surface area contributed by atoms with Crippen LogP contribution < -0.4 is 5.32 Å². The van der Waals surface area contributed by atoms with Gasteiger partial charge in [-0.1, -0.05) is 19.1 Å². The quantitative estimate of drug-likeness (QED) is 0.652. The van der Waals surface area contributed by atoms with Gasteiger partial charge in [0.2, 0.25) is 5.91 Å². The number of amides is 2. The summed E-state index contributed by atoms with van der Waals surface area (Å²) >= 11 is 1.08. The van der Waals surface area contributed by atoms with E-state index in [1.807, 2.05) is 0 Å². The van der Waals surface area contributed by atoms with E-state index in [2.05, 4.69) is 5.32 Å². The average molecular weight is 410 g/mol. The molecule has 0 radical (unpaired) electrons. The fourth-order valence-electron chi connectivity index (χ4n) is 2.41. The smallest absolute Gasteiger partial charge is 0.339 e. The third-order valence-corrected chi connectivity index (χ3v) is 5.05. The molecule has 1 unspecified atom stereocenters. The van der Waals surface area contributed by atoms with E-state index in [4.69, 9.17) is 0 Å². The molecule has 0 heterocycles. The summed E-state index contributed by atoms with van der Waals surface area (Å²) in [5, 5.41) is 2.66. The third kappa shape index (κ3) is 6.30. The van der Waals surface area contributed by atoms with E-state index in [0.717, 1.165) is 28.8 Å². The van der Waals surface area contributed by atoms with Crippen molar-refractivity contribution in [2.45, 2.75) is 30.3 Å². The molecule has 2 aromatic rings. The summed E-state index contributed by atoms with van der Waals surface area (Å²) < 4.78 is 37.9. The number of anilines is 1. The molecule has 8 heteroatoms. The molecule has 2 amide bonds. The molecule has 2 rings (SSSR count). The minimum atomic E-state index is -4.37. The molecule has 0 fully saturated rings. The Morgan fingerprint density at radius 2 is 1.61 bits per heavy atom. The predicted octanol–water partition coefficient (Wildman–Crippen LogP) is 5.61. The molecule has 150 valence electrons. The molecule has 0 spiro atoms. The molecule has 1 N–H and O–H groups in total. The Balaban J connectivity index is 1.91. The van der Waals surface area contributed by atoms with Crippen molar-refractivity contribution in [3.63, 3.8) is 0 Å². The van der Waals surface area contributed by atoms with Crippen molar-refractivity contribution < 1.29 is 22.8 Å². The van der Waals surface area contributed by atoms with Crippen LogP contribution in [0.2, 0.25) is 0 Å². The van der Waals surface area contributed by atoms with Gasteiger partial charge in [0.1, 0.15) is 0 Å². The second-order valence-electron chi connectivity index (χ2n) is 6.56. The highest BCUT2D eigenvalue weighted by Gasteiger charge is 2.30. The Morgan fingerprint density at radius 3 is 2.11 bits per heavy atom. The summed E-state index contributed by atoms with van der Waals surface area (Å²) in [6.45, 7) is 1.79. The molecular weight excluding hydrogens is 389 g/mol. The zero-order chi connectivity index (χ0) is 20.9. The lowest BCUT2D eigenvalue weighted by atomic mass is 9.96. The standard InChI is InChI=1S/C20H21F3N2O2S/c1-13(14-4-6-15(7-5-14)20(21,22)23)12-18(26)24-16-8-10-17(11-9-16)28-19(27)25(2)3/h4-11,13H,12H2,1-3H3,(H,24,26). The van der Waals surface area contributed by atoms with Gasteiger partial charge in [-0.25, -0.2) is 0 Å². The largest absolute Gasteiger partial charge is 0.416 e. The van der Waals surface area contributed by atoms with Gasteiger partial charge in [-0.15, -0.1) is 0 Å². The van der Waals surface area contributed by atoms with Crippen LogP contribution in [0.25, 0.3) is 0 Å². The van der Waals surface area contributed by atoms with Gasteiger partial charge in [0.15, 0.2) is 0 Å². The second-order valence-corrected chi connectivity index (χ2v) is 7.58. The van der Waals surface area contributed by atoms with E-state index in [0.29, 0.717) is 11.3 Å². The van der Waals surface area contributed by atoms with Gasteiger partial charge in [-0.05, 0) is 59.6 Å². The molecule has 0 aliphatic heterocycles. The maximum atomic E-state index is 12.6. The van der Waals surface area contributed by atoms with E-state index < -0.39 is 11.7 Å². The molecule has 0 saturated heterocycles. The molecule has 28 heavy (non-hydrogen) atoms. The number of carbonyl (C=O) groups excluding carboxylic acids is 2. The highest BCUT2D eigenvalue weighted by Crippen LogP contribution is 2.30. The fourth-order valence-corrected chi connectivity index (χ4v) is 3.06. The summed E-state index contributed by atoms with van der Waals surface area (Å²) in [5.74, 6) is -0.466. The lowest BCUT2D eigenvalue weighted by Gasteiger charge is -2.14. The number of hydrogen-bond acceptors (Lipinski definition) is 3. The first kappa shape index (κ1) is 21.8. The number of carbonyl (C=O) groups is 2. The molecular formula is C20H21F3N2O2S. The van der Waals surface area contributed by atoms with E-state index >= 15 is 0 Å².